The van der Waals surface area contributed by atoms with Crippen molar-refractivity contribution in [2.45, 2.75) is 193 Å². The van der Waals surface area contributed by atoms with Crippen molar-refractivity contribution in [1.82, 2.24) is 5.32 Å². The van der Waals surface area contributed by atoms with Gasteiger partial charge in [0, 0.05) is 6.42 Å². The molecule has 0 aromatic rings. The fourth-order valence-corrected chi connectivity index (χ4v) is 5.06. The maximum absolute atomic E-state index is 12.2. The molecule has 0 heterocycles. The molecule has 216 valence electrons. The van der Waals surface area contributed by atoms with Gasteiger partial charge in [0.2, 0.25) is 5.91 Å². The zero-order chi connectivity index (χ0) is 26.5. The number of carbonyl (C=O) groups is 1. The summed E-state index contributed by atoms with van der Waals surface area (Å²) in [5.74, 6) is -0.0330. The highest BCUT2D eigenvalue weighted by atomic mass is 16.3. The lowest BCUT2D eigenvalue weighted by molar-refractivity contribution is -0.123. The van der Waals surface area contributed by atoms with Gasteiger partial charge in [-0.15, -0.1) is 0 Å². The van der Waals surface area contributed by atoms with Gasteiger partial charge in [-0.2, -0.15) is 0 Å². The van der Waals surface area contributed by atoms with Crippen LogP contribution in [0.15, 0.2) is 0 Å². The van der Waals surface area contributed by atoms with Gasteiger partial charge in [-0.1, -0.05) is 162 Å². The van der Waals surface area contributed by atoms with E-state index in [1.54, 1.807) is 0 Å². The smallest absolute Gasteiger partial charge is 0.220 e. The summed E-state index contributed by atoms with van der Waals surface area (Å²) in [5, 5.41) is 22.9. The second kappa shape index (κ2) is 29.0. The molecular weight excluding hydrogens is 446 g/mol. The Morgan fingerprint density at radius 2 is 0.889 bits per heavy atom. The van der Waals surface area contributed by atoms with Crippen molar-refractivity contribution >= 4 is 5.91 Å². The second-order valence-electron chi connectivity index (χ2n) is 11.2. The molecule has 0 rings (SSSR count). The van der Waals surface area contributed by atoms with Crippen molar-refractivity contribution in [3.8, 4) is 0 Å². The highest BCUT2D eigenvalue weighted by Crippen LogP contribution is 2.15. The summed E-state index contributed by atoms with van der Waals surface area (Å²) in [7, 11) is 0. The average molecular weight is 512 g/mol. The largest absolute Gasteiger partial charge is 0.394 e. The summed E-state index contributed by atoms with van der Waals surface area (Å²) in [6.07, 6.45) is 31.4. The van der Waals surface area contributed by atoms with Crippen molar-refractivity contribution in [3.63, 3.8) is 0 Å². The summed E-state index contributed by atoms with van der Waals surface area (Å²) >= 11 is 0. The molecule has 0 spiro atoms. The third-order valence-electron chi connectivity index (χ3n) is 7.62. The SMILES string of the molecule is CCCCCCCCCCCCCCC[C@@H](O)C(CO)NC(=O)CCCCCCCCCCCCC. The van der Waals surface area contributed by atoms with E-state index in [-0.39, 0.29) is 12.5 Å². The lowest BCUT2D eigenvalue weighted by Crippen LogP contribution is -2.45. The number of rotatable bonds is 29. The molecule has 0 saturated carbocycles. The van der Waals surface area contributed by atoms with E-state index in [9.17, 15) is 15.0 Å². The van der Waals surface area contributed by atoms with Gasteiger partial charge in [0.05, 0.1) is 18.8 Å². The first-order valence-corrected chi connectivity index (χ1v) is 16.2. The average Bonchev–Trinajstić information content (AvgIpc) is 2.88. The molecule has 0 aromatic heterocycles. The first-order valence-electron chi connectivity index (χ1n) is 16.2. The molecule has 0 bridgehead atoms. The quantitative estimate of drug-likeness (QED) is 0.0877. The molecule has 4 nitrogen and oxygen atoms in total. The normalized spacial score (nSPS) is 13.1. The highest BCUT2D eigenvalue weighted by Gasteiger charge is 2.19. The minimum Gasteiger partial charge on any atom is -0.394 e. The van der Waals surface area contributed by atoms with Gasteiger partial charge < -0.3 is 15.5 Å². The molecule has 4 heteroatoms. The van der Waals surface area contributed by atoms with Crippen LogP contribution < -0.4 is 5.32 Å². The predicted octanol–water partition coefficient (Wildman–Crippen LogP) is 9.01. The topological polar surface area (TPSA) is 69.6 Å². The number of amides is 1. The van der Waals surface area contributed by atoms with Crippen LogP contribution in [0.4, 0.5) is 0 Å². The van der Waals surface area contributed by atoms with Crippen LogP contribution in [0.1, 0.15) is 181 Å². The lowest BCUT2D eigenvalue weighted by atomic mass is 10.0. The van der Waals surface area contributed by atoms with E-state index < -0.39 is 12.1 Å². The molecule has 0 aliphatic carbocycles. The van der Waals surface area contributed by atoms with Crippen LogP contribution in [-0.2, 0) is 4.79 Å². The number of aliphatic hydroxyl groups is 2. The van der Waals surface area contributed by atoms with Crippen molar-refractivity contribution in [3.05, 3.63) is 0 Å². The molecule has 3 N–H and O–H groups in total. The summed E-state index contributed by atoms with van der Waals surface area (Å²) in [6.45, 7) is 4.33. The lowest BCUT2D eigenvalue weighted by Gasteiger charge is -2.22. The van der Waals surface area contributed by atoms with E-state index in [2.05, 4.69) is 19.2 Å². The number of hydrogen-bond donors (Lipinski definition) is 3. The van der Waals surface area contributed by atoms with Crippen LogP contribution in [0.3, 0.4) is 0 Å². The second-order valence-corrected chi connectivity index (χ2v) is 11.2. The molecular formula is C32H65NO3. The summed E-state index contributed by atoms with van der Waals surface area (Å²) < 4.78 is 0. The molecule has 1 amide bonds. The zero-order valence-corrected chi connectivity index (χ0v) is 24.5. The van der Waals surface area contributed by atoms with Crippen LogP contribution in [0.5, 0.6) is 0 Å². The number of hydrogen-bond acceptors (Lipinski definition) is 3. The Kier molecular flexibility index (Phi) is 28.5. The van der Waals surface area contributed by atoms with Gasteiger partial charge in [0.15, 0.2) is 0 Å². The van der Waals surface area contributed by atoms with Gasteiger partial charge in [0.1, 0.15) is 0 Å². The zero-order valence-electron chi connectivity index (χ0n) is 24.5. The molecule has 0 aliphatic rings. The maximum Gasteiger partial charge on any atom is 0.220 e. The molecule has 0 radical (unpaired) electrons. The van der Waals surface area contributed by atoms with E-state index in [1.165, 1.54) is 128 Å². The minimum absolute atomic E-state index is 0.0330. The van der Waals surface area contributed by atoms with E-state index in [0.717, 1.165) is 25.7 Å². The Labute approximate surface area is 225 Å². The Bertz CT molecular complexity index is 443. The first kappa shape index (κ1) is 35.4. The van der Waals surface area contributed by atoms with Gasteiger partial charge >= 0.3 is 0 Å². The van der Waals surface area contributed by atoms with Crippen LogP contribution >= 0.6 is 0 Å². The summed E-state index contributed by atoms with van der Waals surface area (Å²) in [5.41, 5.74) is 0. The van der Waals surface area contributed by atoms with Gasteiger partial charge in [-0.05, 0) is 12.8 Å². The monoisotopic (exact) mass is 511 g/mol. The van der Waals surface area contributed by atoms with Gasteiger partial charge in [-0.25, -0.2) is 0 Å². The van der Waals surface area contributed by atoms with Gasteiger partial charge in [0.25, 0.3) is 0 Å². The summed E-state index contributed by atoms with van der Waals surface area (Å²) in [4.78, 5) is 12.2. The molecule has 0 aromatic carbocycles. The highest BCUT2D eigenvalue weighted by molar-refractivity contribution is 5.76. The van der Waals surface area contributed by atoms with Crippen LogP contribution in [-0.4, -0.2) is 34.9 Å². The number of unbranched alkanes of at least 4 members (excludes halogenated alkanes) is 22. The van der Waals surface area contributed by atoms with E-state index >= 15 is 0 Å². The Hall–Kier alpha value is -0.610. The van der Waals surface area contributed by atoms with E-state index in [0.29, 0.717) is 12.8 Å². The minimum atomic E-state index is -0.649. The fourth-order valence-electron chi connectivity index (χ4n) is 5.06. The van der Waals surface area contributed by atoms with Gasteiger partial charge in [-0.3, -0.25) is 4.79 Å². The Morgan fingerprint density at radius 3 is 1.25 bits per heavy atom. The Balaban J connectivity index is 3.57. The number of aliphatic hydroxyl groups excluding tert-OH is 2. The Morgan fingerprint density at radius 1 is 0.556 bits per heavy atom. The standard InChI is InChI=1S/C32H65NO3/c1-3-5-7-9-11-13-15-16-18-19-21-23-25-27-31(35)30(29-34)33-32(36)28-26-24-22-20-17-14-12-10-8-6-4-2/h30-31,34-35H,3-29H2,1-2H3,(H,33,36)/t30?,31-/m1/s1. The molecule has 36 heavy (non-hydrogen) atoms. The summed E-state index contributed by atoms with van der Waals surface area (Å²) in [6, 6.07) is -0.525. The first-order chi connectivity index (χ1) is 17.7. The van der Waals surface area contributed by atoms with Crippen molar-refractivity contribution in [2.24, 2.45) is 0 Å². The van der Waals surface area contributed by atoms with Crippen LogP contribution in [0.25, 0.3) is 0 Å². The molecule has 2 atom stereocenters. The van der Waals surface area contributed by atoms with Crippen LogP contribution in [0.2, 0.25) is 0 Å². The third-order valence-corrected chi connectivity index (χ3v) is 7.62. The predicted molar refractivity (Wildman–Crippen MR) is 156 cm³/mol. The number of carbonyl (C=O) groups excluding carboxylic acids is 1. The van der Waals surface area contributed by atoms with Crippen molar-refractivity contribution in [1.29, 1.82) is 0 Å². The van der Waals surface area contributed by atoms with E-state index in [4.69, 9.17) is 0 Å². The van der Waals surface area contributed by atoms with E-state index in [1.807, 2.05) is 0 Å². The molecule has 0 fully saturated rings. The van der Waals surface area contributed by atoms with Crippen LogP contribution in [0, 0.1) is 0 Å². The molecule has 0 aliphatic heterocycles. The number of nitrogens with one attached hydrogen (secondary N) is 1. The van der Waals surface area contributed by atoms with Crippen molar-refractivity contribution < 1.29 is 15.0 Å². The van der Waals surface area contributed by atoms with Crippen molar-refractivity contribution in [2.75, 3.05) is 6.61 Å². The molecule has 1 unspecified atom stereocenters. The fraction of sp³-hybridized carbons (Fsp3) is 0.969. The molecule has 0 saturated heterocycles. The third kappa shape index (κ3) is 25.1. The maximum atomic E-state index is 12.2.